The minimum atomic E-state index is 0.0885. The molecule has 2 aromatic rings. The predicted molar refractivity (Wildman–Crippen MR) is 106 cm³/mol. The number of benzene rings is 2. The van der Waals surface area contributed by atoms with E-state index < -0.39 is 0 Å². The molecule has 136 valence electrons. The van der Waals surface area contributed by atoms with Gasteiger partial charge in [0, 0.05) is 11.8 Å². The van der Waals surface area contributed by atoms with E-state index in [4.69, 9.17) is 9.47 Å². The first-order valence-corrected chi connectivity index (χ1v) is 9.46. The molecular formula is C22H31NO2. The molecule has 2 aromatic carbocycles. The van der Waals surface area contributed by atoms with Crippen LogP contribution in [0.25, 0.3) is 0 Å². The highest BCUT2D eigenvalue weighted by Gasteiger charge is 2.04. The molecule has 0 fully saturated rings. The third kappa shape index (κ3) is 7.97. The molecule has 0 aliphatic rings. The van der Waals surface area contributed by atoms with Crippen LogP contribution in [0.1, 0.15) is 46.0 Å². The standard InChI is InChI=1S/C22H31NO2/c1-3-4-5-6-10-16-24-22-15-11-12-20(17-22)23-18-19(2)25-21-13-8-7-9-14-21/h7-9,11-15,17,19,23H,3-6,10,16,18H2,1-2H3. The monoisotopic (exact) mass is 341 g/mol. The topological polar surface area (TPSA) is 30.5 Å². The maximum absolute atomic E-state index is 5.88. The first-order chi connectivity index (χ1) is 12.3. The number of para-hydroxylation sites is 1. The van der Waals surface area contributed by atoms with Crippen molar-refractivity contribution >= 4 is 5.69 Å². The maximum Gasteiger partial charge on any atom is 0.121 e. The van der Waals surface area contributed by atoms with Crippen molar-refractivity contribution in [3.8, 4) is 11.5 Å². The number of hydrogen-bond donors (Lipinski definition) is 1. The zero-order valence-electron chi connectivity index (χ0n) is 15.5. The Balaban J connectivity index is 1.69. The second kappa shape index (κ2) is 11.4. The lowest BCUT2D eigenvalue weighted by atomic mass is 10.2. The lowest BCUT2D eigenvalue weighted by Gasteiger charge is -2.16. The second-order valence-corrected chi connectivity index (χ2v) is 6.41. The van der Waals surface area contributed by atoms with Crippen molar-refractivity contribution in [2.24, 2.45) is 0 Å². The number of anilines is 1. The van der Waals surface area contributed by atoms with Crippen LogP contribution in [0.3, 0.4) is 0 Å². The summed E-state index contributed by atoms with van der Waals surface area (Å²) < 4.78 is 11.7. The summed E-state index contributed by atoms with van der Waals surface area (Å²) in [6.07, 6.45) is 6.37. The molecule has 25 heavy (non-hydrogen) atoms. The molecule has 0 saturated carbocycles. The van der Waals surface area contributed by atoms with Crippen LogP contribution in [0, 0.1) is 0 Å². The highest BCUT2D eigenvalue weighted by atomic mass is 16.5. The molecule has 0 heterocycles. The smallest absolute Gasteiger partial charge is 0.121 e. The van der Waals surface area contributed by atoms with E-state index in [0.717, 1.165) is 36.8 Å². The summed E-state index contributed by atoms with van der Waals surface area (Å²) in [7, 11) is 0. The predicted octanol–water partition coefficient (Wildman–Crippen LogP) is 5.92. The van der Waals surface area contributed by atoms with Crippen molar-refractivity contribution in [1.82, 2.24) is 0 Å². The first kappa shape index (κ1) is 19.2. The Morgan fingerprint density at radius 2 is 1.64 bits per heavy atom. The summed E-state index contributed by atoms with van der Waals surface area (Å²) in [5.41, 5.74) is 1.06. The number of nitrogens with one attached hydrogen (secondary N) is 1. The van der Waals surface area contributed by atoms with Gasteiger partial charge in [-0.2, -0.15) is 0 Å². The van der Waals surface area contributed by atoms with Crippen LogP contribution >= 0.6 is 0 Å². The van der Waals surface area contributed by atoms with E-state index in [1.165, 1.54) is 25.7 Å². The van der Waals surface area contributed by atoms with E-state index in [1.807, 2.05) is 42.5 Å². The van der Waals surface area contributed by atoms with Crippen molar-refractivity contribution in [1.29, 1.82) is 0 Å². The Hall–Kier alpha value is -2.16. The Morgan fingerprint density at radius 1 is 0.880 bits per heavy atom. The van der Waals surface area contributed by atoms with Gasteiger partial charge in [-0.3, -0.25) is 0 Å². The van der Waals surface area contributed by atoms with E-state index in [-0.39, 0.29) is 6.10 Å². The zero-order chi connectivity index (χ0) is 17.7. The van der Waals surface area contributed by atoms with E-state index in [9.17, 15) is 0 Å². The average Bonchev–Trinajstić information content (AvgIpc) is 2.64. The molecule has 1 unspecified atom stereocenters. The Kier molecular flexibility index (Phi) is 8.74. The fourth-order valence-corrected chi connectivity index (χ4v) is 2.63. The van der Waals surface area contributed by atoms with Gasteiger partial charge in [0.1, 0.15) is 17.6 Å². The number of rotatable bonds is 12. The summed E-state index contributed by atoms with van der Waals surface area (Å²) in [5, 5.41) is 3.42. The van der Waals surface area contributed by atoms with Crippen molar-refractivity contribution in [3.63, 3.8) is 0 Å². The quantitative estimate of drug-likeness (QED) is 0.486. The maximum atomic E-state index is 5.88. The van der Waals surface area contributed by atoms with Crippen LogP contribution in [-0.4, -0.2) is 19.3 Å². The molecule has 3 heteroatoms. The van der Waals surface area contributed by atoms with E-state index >= 15 is 0 Å². The molecule has 1 N–H and O–H groups in total. The second-order valence-electron chi connectivity index (χ2n) is 6.41. The molecular weight excluding hydrogens is 310 g/mol. The fraction of sp³-hybridized carbons (Fsp3) is 0.455. The van der Waals surface area contributed by atoms with Gasteiger partial charge in [-0.1, -0.05) is 56.9 Å². The highest BCUT2D eigenvalue weighted by molar-refractivity contribution is 5.48. The third-order valence-corrected chi connectivity index (χ3v) is 4.02. The Morgan fingerprint density at radius 3 is 2.44 bits per heavy atom. The summed E-state index contributed by atoms with van der Waals surface area (Å²) in [5.74, 6) is 1.83. The van der Waals surface area contributed by atoms with Crippen molar-refractivity contribution in [2.45, 2.75) is 52.1 Å². The summed E-state index contributed by atoms with van der Waals surface area (Å²) >= 11 is 0. The molecule has 1 atom stereocenters. The average molecular weight is 341 g/mol. The first-order valence-electron chi connectivity index (χ1n) is 9.46. The molecule has 0 amide bonds. The SMILES string of the molecule is CCCCCCCOc1cccc(NCC(C)Oc2ccccc2)c1. The van der Waals surface area contributed by atoms with E-state index in [0.29, 0.717) is 0 Å². The third-order valence-electron chi connectivity index (χ3n) is 4.02. The molecule has 0 aromatic heterocycles. The van der Waals surface area contributed by atoms with Gasteiger partial charge < -0.3 is 14.8 Å². The van der Waals surface area contributed by atoms with Gasteiger partial charge >= 0.3 is 0 Å². The van der Waals surface area contributed by atoms with Crippen LogP contribution in [0.5, 0.6) is 11.5 Å². The number of ether oxygens (including phenoxy) is 2. The summed E-state index contributed by atoms with van der Waals surface area (Å²) in [4.78, 5) is 0. The Bertz CT molecular complexity index is 586. The molecule has 0 aliphatic heterocycles. The van der Waals surface area contributed by atoms with Gasteiger partial charge in [-0.05, 0) is 37.6 Å². The molecule has 0 radical (unpaired) electrons. The van der Waals surface area contributed by atoms with Crippen molar-refractivity contribution in [3.05, 3.63) is 54.6 Å². The van der Waals surface area contributed by atoms with Crippen molar-refractivity contribution < 1.29 is 9.47 Å². The highest BCUT2D eigenvalue weighted by Crippen LogP contribution is 2.18. The van der Waals surface area contributed by atoms with Crippen LogP contribution < -0.4 is 14.8 Å². The van der Waals surface area contributed by atoms with Crippen LogP contribution in [0.15, 0.2) is 54.6 Å². The van der Waals surface area contributed by atoms with Crippen LogP contribution in [0.4, 0.5) is 5.69 Å². The van der Waals surface area contributed by atoms with Gasteiger partial charge in [0.25, 0.3) is 0 Å². The van der Waals surface area contributed by atoms with E-state index in [1.54, 1.807) is 0 Å². The van der Waals surface area contributed by atoms with Gasteiger partial charge in [-0.25, -0.2) is 0 Å². The number of hydrogen-bond acceptors (Lipinski definition) is 3. The largest absolute Gasteiger partial charge is 0.494 e. The minimum absolute atomic E-state index is 0.0885. The molecule has 2 rings (SSSR count). The molecule has 3 nitrogen and oxygen atoms in total. The lowest BCUT2D eigenvalue weighted by molar-refractivity contribution is 0.234. The molecule has 0 aliphatic carbocycles. The van der Waals surface area contributed by atoms with Crippen molar-refractivity contribution in [2.75, 3.05) is 18.5 Å². The fourth-order valence-electron chi connectivity index (χ4n) is 2.63. The molecule has 0 saturated heterocycles. The van der Waals surface area contributed by atoms with Crippen LogP contribution in [-0.2, 0) is 0 Å². The van der Waals surface area contributed by atoms with Gasteiger partial charge in [0.15, 0.2) is 0 Å². The Labute approximate surface area is 152 Å². The van der Waals surface area contributed by atoms with E-state index in [2.05, 4.69) is 31.3 Å². The van der Waals surface area contributed by atoms with Gasteiger partial charge in [-0.15, -0.1) is 0 Å². The lowest BCUT2D eigenvalue weighted by Crippen LogP contribution is -2.22. The summed E-state index contributed by atoms with van der Waals surface area (Å²) in [6, 6.07) is 18.1. The molecule has 0 spiro atoms. The summed E-state index contributed by atoms with van der Waals surface area (Å²) in [6.45, 7) is 5.84. The van der Waals surface area contributed by atoms with Gasteiger partial charge in [0.2, 0.25) is 0 Å². The zero-order valence-corrected chi connectivity index (χ0v) is 15.5. The van der Waals surface area contributed by atoms with Crippen LogP contribution in [0.2, 0.25) is 0 Å². The normalized spacial score (nSPS) is 11.8. The van der Waals surface area contributed by atoms with Gasteiger partial charge in [0.05, 0.1) is 13.2 Å². The number of unbranched alkanes of at least 4 members (excludes halogenated alkanes) is 4. The molecule has 0 bridgehead atoms. The minimum Gasteiger partial charge on any atom is -0.494 e.